The molecule has 0 aliphatic rings. The molecule has 0 unspecified atom stereocenters. The van der Waals surface area contributed by atoms with Crippen molar-refractivity contribution in [1.29, 1.82) is 0 Å². The minimum Gasteiger partial charge on any atom is -0.497 e. The lowest BCUT2D eigenvalue weighted by Crippen LogP contribution is -2.21. The SMILES string of the molecule is COc1ccc(N(c2ccc(OC)cc2)c2cc3c(=O)c4cc(-c5nc(-c6ccccc6)nc(-c6ccccc6)n5)cc5c(=O)c6cc(N(c7ccc(OC)cc7)c7ccc(OC)cc7)cc7c(=O)c(c2)c3n(c45)c67)cc1. The predicted molar refractivity (Wildman–Crippen MR) is 305 cm³/mol. The van der Waals surface area contributed by atoms with E-state index in [-0.39, 0.29) is 54.4 Å². The van der Waals surface area contributed by atoms with Crippen molar-refractivity contribution in [2.75, 3.05) is 38.2 Å². The number of anilines is 6. The van der Waals surface area contributed by atoms with Gasteiger partial charge in [-0.25, -0.2) is 15.0 Å². The largest absolute Gasteiger partial charge is 0.497 e. The lowest BCUT2D eigenvalue weighted by molar-refractivity contribution is 0.414. The van der Waals surface area contributed by atoms with E-state index < -0.39 is 0 Å². The van der Waals surface area contributed by atoms with Crippen LogP contribution in [0, 0.1) is 0 Å². The number of rotatable bonds is 13. The number of benzene rings is 9. The van der Waals surface area contributed by atoms with E-state index in [0.29, 0.717) is 68.1 Å². The summed E-state index contributed by atoms with van der Waals surface area (Å²) in [6.07, 6.45) is 0. The van der Waals surface area contributed by atoms with Crippen LogP contribution in [0.5, 0.6) is 23.0 Å². The van der Waals surface area contributed by atoms with Crippen molar-refractivity contribution in [1.82, 2.24) is 19.4 Å². The summed E-state index contributed by atoms with van der Waals surface area (Å²) in [5.41, 5.74) is 6.03. The lowest BCUT2D eigenvalue weighted by Gasteiger charge is -2.28. The van der Waals surface area contributed by atoms with Gasteiger partial charge in [-0.05, 0) is 133 Å². The van der Waals surface area contributed by atoms with Crippen LogP contribution in [-0.4, -0.2) is 47.8 Å². The Balaban J connectivity index is 1.16. The van der Waals surface area contributed by atoms with Crippen LogP contribution in [0.15, 0.2) is 209 Å². The highest BCUT2D eigenvalue weighted by molar-refractivity contribution is 6.18. The molecule has 13 aromatic rings. The maximum atomic E-state index is 15.8. The molecule has 0 bridgehead atoms. The summed E-state index contributed by atoms with van der Waals surface area (Å²) in [6, 6.07) is 60.3. The number of pyridine rings is 3. The topological polar surface area (TPSA) is 138 Å². The van der Waals surface area contributed by atoms with E-state index >= 15 is 14.4 Å². The van der Waals surface area contributed by atoms with Gasteiger partial charge in [-0.1, -0.05) is 60.7 Å². The normalized spacial score (nSPS) is 11.5. The second-order valence-corrected chi connectivity index (χ2v) is 18.5. The predicted octanol–water partition coefficient (Wildman–Crippen LogP) is 13.1. The van der Waals surface area contributed by atoms with Crippen molar-refractivity contribution >= 4 is 83.0 Å². The third-order valence-corrected chi connectivity index (χ3v) is 14.2. The number of hydrogen-bond acceptors (Lipinski definition) is 12. The van der Waals surface area contributed by atoms with Crippen molar-refractivity contribution in [3.63, 3.8) is 0 Å². The van der Waals surface area contributed by atoms with Crippen LogP contribution >= 0.6 is 0 Å². The van der Waals surface area contributed by atoms with Gasteiger partial charge in [0.05, 0.1) is 45.0 Å². The molecule has 13 nitrogen and oxygen atoms in total. The fraction of sp³-hybridized carbons (Fsp3) is 0.0625. The Labute approximate surface area is 439 Å². The van der Waals surface area contributed by atoms with E-state index in [1.54, 1.807) is 40.6 Å². The number of ether oxygens (including phenoxy) is 4. The minimum atomic E-state index is -0.378. The fourth-order valence-corrected chi connectivity index (χ4v) is 10.5. The third kappa shape index (κ3) is 7.70. The first kappa shape index (κ1) is 46.4. The van der Waals surface area contributed by atoms with Gasteiger partial charge in [-0.2, -0.15) is 0 Å². The monoisotopic (exact) mass is 1010 g/mol. The molecule has 0 amide bonds. The van der Waals surface area contributed by atoms with E-state index in [1.165, 1.54) is 0 Å². The second-order valence-electron chi connectivity index (χ2n) is 18.5. The van der Waals surface area contributed by atoms with E-state index in [0.717, 1.165) is 33.9 Å². The van der Waals surface area contributed by atoms with E-state index in [2.05, 4.69) is 0 Å². The van der Waals surface area contributed by atoms with Crippen molar-refractivity contribution in [3.8, 4) is 57.2 Å². The van der Waals surface area contributed by atoms with Crippen LogP contribution in [0.1, 0.15) is 0 Å². The standard InChI is InChI=1S/C64H44N6O7/c1-74-46-23-15-40(16-24-46)68(41-17-25-47(75-2)26-18-41)44-33-52-57-54(35-44)61(73)55-36-45(69(42-19-27-48(76-3)28-20-42)43-21-29-49(77-4)30-22-43)34-53-58(55)70(57)56-50(59(52)71)31-39(32-51(56)60(53)72)64-66-62(37-11-7-5-8-12-37)65-63(67-64)38-13-9-6-10-14-38/h5-36H,1-4H3. The fourth-order valence-electron chi connectivity index (χ4n) is 10.5. The summed E-state index contributed by atoms with van der Waals surface area (Å²) in [7, 11) is 6.44. The maximum absolute atomic E-state index is 15.8. The molecule has 0 fully saturated rings. The van der Waals surface area contributed by atoms with Gasteiger partial charge in [-0.3, -0.25) is 14.4 Å². The number of aromatic nitrogens is 4. The molecule has 0 radical (unpaired) electrons. The Morgan fingerprint density at radius 3 is 0.844 bits per heavy atom. The average molecular weight is 1010 g/mol. The Bertz CT molecular complexity index is 4170. The Morgan fingerprint density at radius 1 is 0.312 bits per heavy atom. The Kier molecular flexibility index (Phi) is 11.2. The van der Waals surface area contributed by atoms with Crippen LogP contribution in [0.25, 0.3) is 83.0 Å². The zero-order chi connectivity index (χ0) is 52.5. The molecule has 0 aliphatic carbocycles. The molecule has 9 aromatic carbocycles. The Hall–Kier alpha value is -10.4. The van der Waals surface area contributed by atoms with E-state index in [4.69, 9.17) is 33.9 Å². The molecule has 0 aliphatic heterocycles. The van der Waals surface area contributed by atoms with Crippen molar-refractivity contribution in [3.05, 3.63) is 225 Å². The lowest BCUT2D eigenvalue weighted by atomic mass is 9.95. The van der Waals surface area contributed by atoms with Gasteiger partial charge in [0.2, 0.25) is 0 Å². The van der Waals surface area contributed by atoms with Crippen LogP contribution < -0.4 is 45.0 Å². The number of methoxy groups -OCH3 is 4. The van der Waals surface area contributed by atoms with Crippen molar-refractivity contribution in [2.24, 2.45) is 0 Å². The molecule has 0 atom stereocenters. The summed E-state index contributed by atoms with van der Waals surface area (Å²) < 4.78 is 24.2. The van der Waals surface area contributed by atoms with Crippen LogP contribution in [0.2, 0.25) is 0 Å². The molecule has 0 saturated carbocycles. The summed E-state index contributed by atoms with van der Waals surface area (Å²) in [6.45, 7) is 0. The number of hydrogen-bond donors (Lipinski definition) is 0. The Morgan fingerprint density at radius 2 is 0.571 bits per heavy atom. The zero-order valence-electron chi connectivity index (χ0n) is 42.0. The molecule has 13 heteroatoms. The molecule has 0 saturated heterocycles. The summed E-state index contributed by atoms with van der Waals surface area (Å²) >= 11 is 0. The van der Waals surface area contributed by atoms with E-state index in [1.807, 2.05) is 196 Å². The van der Waals surface area contributed by atoms with Gasteiger partial charge in [0.15, 0.2) is 33.8 Å². The highest BCUT2D eigenvalue weighted by Crippen LogP contribution is 2.44. The molecule has 77 heavy (non-hydrogen) atoms. The summed E-state index contributed by atoms with van der Waals surface area (Å²) in [4.78, 5) is 66.4. The summed E-state index contributed by atoms with van der Waals surface area (Å²) in [5, 5.41) is 1.60. The van der Waals surface area contributed by atoms with Crippen molar-refractivity contribution < 1.29 is 18.9 Å². The quantitative estimate of drug-likeness (QED) is 0.0803. The molecular formula is C64H44N6O7. The zero-order valence-corrected chi connectivity index (χ0v) is 42.0. The highest BCUT2D eigenvalue weighted by Gasteiger charge is 2.28. The van der Waals surface area contributed by atoms with Gasteiger partial charge in [-0.15, -0.1) is 0 Å². The summed E-state index contributed by atoms with van der Waals surface area (Å²) in [5.74, 6) is 3.73. The number of nitrogens with zero attached hydrogens (tertiary/aromatic N) is 6. The smallest absolute Gasteiger partial charge is 0.197 e. The molecule has 13 rings (SSSR count). The minimum absolute atomic E-state index is 0.248. The average Bonchev–Trinajstić information content (AvgIpc) is 3.62. The molecule has 0 spiro atoms. The molecule has 4 heterocycles. The van der Waals surface area contributed by atoms with Crippen LogP contribution in [0.3, 0.4) is 0 Å². The highest BCUT2D eigenvalue weighted by atomic mass is 16.5. The van der Waals surface area contributed by atoms with Gasteiger partial charge >= 0.3 is 0 Å². The first-order valence-corrected chi connectivity index (χ1v) is 24.7. The molecule has 372 valence electrons. The van der Waals surface area contributed by atoms with Crippen molar-refractivity contribution in [2.45, 2.75) is 0 Å². The van der Waals surface area contributed by atoms with Gasteiger partial charge in [0.1, 0.15) is 23.0 Å². The van der Waals surface area contributed by atoms with E-state index in [9.17, 15) is 0 Å². The molecule has 0 N–H and O–H groups in total. The third-order valence-electron chi connectivity index (χ3n) is 14.2. The first-order valence-electron chi connectivity index (χ1n) is 24.7. The van der Waals surface area contributed by atoms with Crippen LogP contribution in [-0.2, 0) is 0 Å². The van der Waals surface area contributed by atoms with Gasteiger partial charge < -0.3 is 33.1 Å². The maximum Gasteiger partial charge on any atom is 0.197 e. The van der Waals surface area contributed by atoms with Gasteiger partial charge in [0.25, 0.3) is 0 Å². The van der Waals surface area contributed by atoms with Gasteiger partial charge in [0, 0.05) is 83.1 Å². The second kappa shape index (κ2) is 18.5. The first-order chi connectivity index (χ1) is 37.7. The molecular weight excluding hydrogens is 965 g/mol. The van der Waals surface area contributed by atoms with Crippen LogP contribution in [0.4, 0.5) is 34.1 Å². The molecule has 4 aromatic heterocycles.